The number of aliphatic hydroxyl groups is 1. The van der Waals surface area contributed by atoms with Crippen molar-refractivity contribution in [2.75, 3.05) is 39.5 Å². The van der Waals surface area contributed by atoms with Crippen molar-refractivity contribution in [1.29, 1.82) is 0 Å². The number of rotatable bonds is 7. The molecule has 3 heterocycles. The summed E-state index contributed by atoms with van der Waals surface area (Å²) in [4.78, 5) is 25.6. The summed E-state index contributed by atoms with van der Waals surface area (Å²) < 4.78 is 5.43. The minimum Gasteiger partial charge on any atom is -0.395 e. The molecule has 1 N–H and O–H groups in total. The van der Waals surface area contributed by atoms with Gasteiger partial charge in [-0.25, -0.2) is 4.98 Å². The van der Waals surface area contributed by atoms with Crippen molar-refractivity contribution in [2.24, 2.45) is 0 Å². The molecule has 3 rings (SSSR count). The van der Waals surface area contributed by atoms with Crippen LogP contribution in [0.25, 0.3) is 0 Å². The molecule has 0 bridgehead atoms. The summed E-state index contributed by atoms with van der Waals surface area (Å²) in [5, 5.41) is 12.2. The maximum absolute atomic E-state index is 13.3. The van der Waals surface area contributed by atoms with Crippen molar-refractivity contribution in [3.63, 3.8) is 0 Å². The Morgan fingerprint density at radius 3 is 2.88 bits per heavy atom. The van der Waals surface area contributed by atoms with Gasteiger partial charge in [-0.05, 0) is 11.6 Å². The number of aliphatic hydroxyl groups excluding tert-OH is 1. The van der Waals surface area contributed by atoms with Gasteiger partial charge in [-0.1, -0.05) is 6.07 Å². The van der Waals surface area contributed by atoms with E-state index in [1.807, 2.05) is 17.5 Å². The van der Waals surface area contributed by atoms with Crippen molar-refractivity contribution in [2.45, 2.75) is 12.6 Å². The van der Waals surface area contributed by atoms with Gasteiger partial charge < -0.3 is 14.7 Å². The first-order chi connectivity index (χ1) is 12.3. The maximum atomic E-state index is 13.3. The van der Waals surface area contributed by atoms with E-state index in [0.717, 1.165) is 10.6 Å². The lowest BCUT2D eigenvalue weighted by Gasteiger charge is -2.36. The number of hydrogen-bond donors (Lipinski definition) is 1. The fraction of sp³-hybridized carbons (Fsp3) is 0.471. The molecular formula is C17H22N4O3S. The van der Waals surface area contributed by atoms with Gasteiger partial charge in [0.05, 0.1) is 26.4 Å². The van der Waals surface area contributed by atoms with Gasteiger partial charge in [-0.15, -0.1) is 11.3 Å². The molecule has 1 aliphatic rings. The van der Waals surface area contributed by atoms with Crippen LogP contribution in [0.2, 0.25) is 0 Å². The predicted octanol–water partition coefficient (Wildman–Crippen LogP) is 0.932. The van der Waals surface area contributed by atoms with Crippen LogP contribution in [0.4, 0.5) is 0 Å². The third-order valence-electron chi connectivity index (χ3n) is 4.14. The Morgan fingerprint density at radius 1 is 1.40 bits per heavy atom. The molecule has 0 saturated carbocycles. The summed E-state index contributed by atoms with van der Waals surface area (Å²) in [6.07, 6.45) is 5.16. The largest absolute Gasteiger partial charge is 0.395 e. The molecule has 0 aromatic carbocycles. The molecule has 7 nitrogen and oxygen atoms in total. The Bertz CT molecular complexity index is 647. The molecule has 25 heavy (non-hydrogen) atoms. The zero-order valence-electron chi connectivity index (χ0n) is 14.0. The lowest BCUT2D eigenvalue weighted by atomic mass is 10.1. The summed E-state index contributed by atoms with van der Waals surface area (Å²) in [5.41, 5.74) is 0.858. The van der Waals surface area contributed by atoms with Crippen LogP contribution < -0.4 is 0 Å². The van der Waals surface area contributed by atoms with Crippen molar-refractivity contribution in [3.8, 4) is 0 Å². The van der Waals surface area contributed by atoms with Crippen molar-refractivity contribution in [3.05, 3.63) is 46.7 Å². The molecule has 8 heteroatoms. The lowest BCUT2D eigenvalue weighted by molar-refractivity contribution is -0.140. The third kappa shape index (κ3) is 4.60. The molecule has 0 radical (unpaired) electrons. The number of morpholine rings is 1. The first-order valence-corrected chi connectivity index (χ1v) is 9.17. The monoisotopic (exact) mass is 362 g/mol. The summed E-state index contributed by atoms with van der Waals surface area (Å²) in [5.74, 6) is -0.0425. The van der Waals surface area contributed by atoms with E-state index in [1.54, 1.807) is 23.5 Å². The number of aromatic nitrogens is 2. The number of nitrogens with zero attached hydrogens (tertiary/aromatic N) is 4. The maximum Gasteiger partial charge on any atom is 0.245 e. The van der Waals surface area contributed by atoms with Crippen LogP contribution in [0.3, 0.4) is 0 Å². The van der Waals surface area contributed by atoms with Crippen molar-refractivity contribution in [1.82, 2.24) is 19.8 Å². The van der Waals surface area contributed by atoms with Crippen LogP contribution in [0.15, 0.2) is 36.1 Å². The third-order valence-corrected chi connectivity index (χ3v) is 4.90. The van der Waals surface area contributed by atoms with E-state index in [4.69, 9.17) is 4.74 Å². The Labute approximate surface area is 150 Å². The van der Waals surface area contributed by atoms with Crippen LogP contribution in [0.5, 0.6) is 0 Å². The lowest BCUT2D eigenvalue weighted by Crippen LogP contribution is -2.47. The summed E-state index contributed by atoms with van der Waals surface area (Å²) >= 11 is 1.51. The quantitative estimate of drug-likeness (QED) is 0.790. The van der Waals surface area contributed by atoms with E-state index in [1.165, 1.54) is 11.3 Å². The molecule has 0 unspecified atom stereocenters. The molecular weight excluding hydrogens is 340 g/mol. The molecule has 134 valence electrons. The molecule has 2 aromatic rings. The van der Waals surface area contributed by atoms with E-state index >= 15 is 0 Å². The Balaban J connectivity index is 1.85. The molecule has 1 atom stereocenters. The molecule has 0 aliphatic carbocycles. The average Bonchev–Trinajstić information content (AvgIpc) is 3.16. The number of thiazole rings is 1. The normalized spacial score (nSPS) is 16.5. The van der Waals surface area contributed by atoms with Crippen LogP contribution in [-0.2, 0) is 16.1 Å². The fourth-order valence-electron chi connectivity index (χ4n) is 2.94. The van der Waals surface area contributed by atoms with Gasteiger partial charge in [0.2, 0.25) is 5.91 Å². The highest BCUT2D eigenvalue weighted by Crippen LogP contribution is 2.25. The van der Waals surface area contributed by atoms with Crippen LogP contribution in [0, 0.1) is 0 Å². The molecule has 1 aliphatic heterocycles. The van der Waals surface area contributed by atoms with E-state index in [9.17, 15) is 9.90 Å². The number of amides is 1. The molecule has 1 amide bonds. The predicted molar refractivity (Wildman–Crippen MR) is 94.0 cm³/mol. The first kappa shape index (κ1) is 17.9. The van der Waals surface area contributed by atoms with Gasteiger partial charge in [0.25, 0.3) is 0 Å². The highest BCUT2D eigenvalue weighted by Gasteiger charge is 2.32. The number of carbonyl (C=O) groups excluding carboxylic acids is 1. The SMILES string of the molecule is O=C([C@@H](c1cccnc1)N1CCOCC1)N(CCO)Cc1nccs1. The van der Waals surface area contributed by atoms with Gasteiger partial charge >= 0.3 is 0 Å². The summed E-state index contributed by atoms with van der Waals surface area (Å²) in [7, 11) is 0. The van der Waals surface area contributed by atoms with E-state index < -0.39 is 6.04 Å². The van der Waals surface area contributed by atoms with E-state index in [0.29, 0.717) is 32.8 Å². The van der Waals surface area contributed by atoms with Crippen molar-refractivity contribution >= 4 is 17.2 Å². The second kappa shape index (κ2) is 9.00. The number of ether oxygens (including phenoxy) is 1. The van der Waals surface area contributed by atoms with Gasteiger partial charge in [-0.3, -0.25) is 14.7 Å². The number of hydrogen-bond acceptors (Lipinski definition) is 7. The second-order valence-corrected chi connectivity index (χ2v) is 6.73. The summed E-state index contributed by atoms with van der Waals surface area (Å²) in [6.45, 7) is 3.19. The summed E-state index contributed by atoms with van der Waals surface area (Å²) in [6, 6.07) is 3.34. The van der Waals surface area contributed by atoms with E-state index in [2.05, 4.69) is 14.9 Å². The average molecular weight is 362 g/mol. The first-order valence-electron chi connectivity index (χ1n) is 8.29. The van der Waals surface area contributed by atoms with Crippen LogP contribution in [-0.4, -0.2) is 70.2 Å². The molecule has 1 saturated heterocycles. The Hall–Kier alpha value is -1.87. The van der Waals surface area contributed by atoms with Gasteiger partial charge in [-0.2, -0.15) is 0 Å². The minimum atomic E-state index is -0.427. The Morgan fingerprint density at radius 2 is 2.24 bits per heavy atom. The minimum absolute atomic E-state index is 0.0425. The van der Waals surface area contributed by atoms with Crippen molar-refractivity contribution < 1.29 is 14.6 Å². The topological polar surface area (TPSA) is 78.8 Å². The van der Waals surface area contributed by atoms with E-state index in [-0.39, 0.29) is 19.1 Å². The highest BCUT2D eigenvalue weighted by atomic mass is 32.1. The smallest absolute Gasteiger partial charge is 0.245 e. The highest BCUT2D eigenvalue weighted by molar-refractivity contribution is 7.09. The molecule has 2 aromatic heterocycles. The zero-order valence-corrected chi connectivity index (χ0v) is 14.8. The zero-order chi connectivity index (χ0) is 17.5. The van der Waals surface area contributed by atoms with Gasteiger partial charge in [0.15, 0.2) is 0 Å². The molecule has 1 fully saturated rings. The van der Waals surface area contributed by atoms with Gasteiger partial charge in [0, 0.05) is 43.6 Å². The van der Waals surface area contributed by atoms with Crippen LogP contribution >= 0.6 is 11.3 Å². The van der Waals surface area contributed by atoms with Crippen LogP contribution in [0.1, 0.15) is 16.6 Å². The number of carbonyl (C=O) groups is 1. The second-order valence-electron chi connectivity index (χ2n) is 5.75. The van der Waals surface area contributed by atoms with Gasteiger partial charge in [0.1, 0.15) is 11.0 Å². The molecule has 0 spiro atoms. The number of pyridine rings is 1. The standard InChI is InChI=1S/C17H22N4O3S/c22-8-5-21(13-15-19-4-11-25-15)17(23)16(14-2-1-3-18-12-14)20-6-9-24-10-7-20/h1-4,11-12,16,22H,5-10,13H2/t16-/m1/s1. The Kier molecular flexibility index (Phi) is 6.46. The fourth-order valence-corrected chi connectivity index (χ4v) is 3.57.